The highest BCUT2D eigenvalue weighted by Crippen LogP contribution is 2.50. The van der Waals surface area contributed by atoms with Crippen LogP contribution in [0.1, 0.15) is 0 Å². The third kappa shape index (κ3) is 1.93. The molecule has 0 atom stereocenters. The van der Waals surface area contributed by atoms with E-state index in [0.717, 1.165) is 16.1 Å². The number of ether oxygens (including phenoxy) is 2. The molecule has 5 rings (SSSR count). The lowest BCUT2D eigenvalue weighted by molar-refractivity contribution is -0.117. The van der Waals surface area contributed by atoms with Crippen molar-refractivity contribution in [3.8, 4) is 21.7 Å². The van der Waals surface area contributed by atoms with Gasteiger partial charge in [0.15, 0.2) is 5.13 Å². The van der Waals surface area contributed by atoms with Gasteiger partial charge in [-0.15, -0.1) is 0 Å². The molecule has 2 heterocycles. The average Bonchev–Trinajstić information content (AvgIpc) is 3.16. The van der Waals surface area contributed by atoms with E-state index in [0.29, 0.717) is 18.3 Å². The van der Waals surface area contributed by atoms with Crippen LogP contribution in [0.3, 0.4) is 0 Å². The highest BCUT2D eigenvalue weighted by atomic mass is 32.1. The molecule has 1 aliphatic carbocycles. The van der Waals surface area contributed by atoms with E-state index in [1.807, 2.05) is 12.1 Å². The molecule has 1 N–H and O–H groups in total. The number of amides is 1. The molecule has 2 aromatic carbocycles. The van der Waals surface area contributed by atoms with Crippen LogP contribution in [0.2, 0.25) is 0 Å². The molecule has 0 saturated heterocycles. The molecule has 0 fully saturated rings. The largest absolute Gasteiger partial charge is 0.494 e. The van der Waals surface area contributed by atoms with Gasteiger partial charge >= 0.3 is 0 Å². The van der Waals surface area contributed by atoms with Crippen molar-refractivity contribution >= 4 is 33.1 Å². The maximum absolute atomic E-state index is 12.2. The Bertz CT molecular complexity index is 966. The van der Waals surface area contributed by atoms with Crippen LogP contribution in [0.4, 0.5) is 5.13 Å². The number of nitrogens with one attached hydrogen (secondary N) is 1. The van der Waals surface area contributed by atoms with Gasteiger partial charge in [-0.2, -0.15) is 0 Å². The van der Waals surface area contributed by atoms with Crippen molar-refractivity contribution in [3.63, 3.8) is 0 Å². The lowest BCUT2D eigenvalue weighted by Gasteiger charge is -2.14. The molecular weight excluding hydrogens is 324 g/mol. The van der Waals surface area contributed by atoms with Crippen LogP contribution in [-0.4, -0.2) is 24.1 Å². The van der Waals surface area contributed by atoms with E-state index in [-0.39, 0.29) is 11.7 Å². The van der Waals surface area contributed by atoms with Gasteiger partial charge < -0.3 is 9.47 Å². The Labute approximate surface area is 141 Å². The minimum atomic E-state index is -0.339. The van der Waals surface area contributed by atoms with E-state index in [1.165, 1.54) is 33.9 Å². The predicted molar refractivity (Wildman–Crippen MR) is 92.7 cm³/mol. The van der Waals surface area contributed by atoms with Crippen LogP contribution in [0.15, 0.2) is 48.4 Å². The minimum Gasteiger partial charge on any atom is -0.494 e. The molecule has 1 aliphatic heterocycles. The number of hydrogen-bond donors (Lipinski definition) is 1. The molecular formula is C18H12N2O3S. The summed E-state index contributed by atoms with van der Waals surface area (Å²) >= 11 is 1.48. The standard InChI is InChI=1S/C18H12N2O3S/c21-17(13-9-22-7-8-23-13)20-18-19-15-11-5-1-3-10-4-2-6-12(14(10)11)16(15)24-18/h1-6,9H,7-8H2,(H,19,20,21). The van der Waals surface area contributed by atoms with Crippen molar-refractivity contribution in [1.82, 2.24) is 4.98 Å². The number of fused-ring (bicyclic) bond motifs is 3. The Morgan fingerprint density at radius 2 is 1.96 bits per heavy atom. The lowest BCUT2D eigenvalue weighted by Crippen LogP contribution is -2.21. The maximum atomic E-state index is 12.2. The molecule has 1 amide bonds. The van der Waals surface area contributed by atoms with Crippen molar-refractivity contribution in [2.45, 2.75) is 0 Å². The highest BCUT2D eigenvalue weighted by Gasteiger charge is 2.26. The second-order valence-corrected chi connectivity index (χ2v) is 6.56. The number of rotatable bonds is 2. The number of anilines is 1. The quantitative estimate of drug-likeness (QED) is 0.605. The van der Waals surface area contributed by atoms with Gasteiger partial charge in [-0.25, -0.2) is 4.98 Å². The van der Waals surface area contributed by atoms with Gasteiger partial charge in [-0.1, -0.05) is 47.7 Å². The number of benzene rings is 2. The van der Waals surface area contributed by atoms with Crippen molar-refractivity contribution in [2.24, 2.45) is 0 Å². The van der Waals surface area contributed by atoms with Crippen molar-refractivity contribution < 1.29 is 14.3 Å². The number of carbonyl (C=O) groups excluding carboxylic acids is 1. The Morgan fingerprint density at radius 3 is 2.75 bits per heavy atom. The third-order valence-electron chi connectivity index (χ3n) is 4.12. The molecule has 0 spiro atoms. The Balaban J connectivity index is 1.53. The van der Waals surface area contributed by atoms with Gasteiger partial charge in [0, 0.05) is 11.1 Å². The molecule has 24 heavy (non-hydrogen) atoms. The van der Waals surface area contributed by atoms with Crippen molar-refractivity contribution in [3.05, 3.63) is 48.4 Å². The molecule has 0 saturated carbocycles. The fourth-order valence-electron chi connectivity index (χ4n) is 3.11. The zero-order valence-electron chi connectivity index (χ0n) is 12.5. The SMILES string of the molecule is O=C(Nc1nc2c(s1)-c1cccc3cccc-2c13)C1=COCCO1. The first-order chi connectivity index (χ1) is 11.8. The van der Waals surface area contributed by atoms with Crippen molar-refractivity contribution in [2.75, 3.05) is 18.5 Å². The molecule has 0 unspecified atom stereocenters. The summed E-state index contributed by atoms with van der Waals surface area (Å²) in [7, 11) is 0. The van der Waals surface area contributed by atoms with Gasteiger partial charge in [-0.3, -0.25) is 10.1 Å². The maximum Gasteiger partial charge on any atom is 0.295 e. The van der Waals surface area contributed by atoms with E-state index < -0.39 is 0 Å². The van der Waals surface area contributed by atoms with Crippen LogP contribution >= 0.6 is 11.3 Å². The predicted octanol–water partition coefficient (Wildman–Crippen LogP) is 3.77. The summed E-state index contributed by atoms with van der Waals surface area (Å²) < 4.78 is 10.4. The summed E-state index contributed by atoms with van der Waals surface area (Å²) in [5.41, 5.74) is 3.22. The summed E-state index contributed by atoms with van der Waals surface area (Å²) in [5, 5.41) is 5.80. The number of nitrogens with zero attached hydrogens (tertiary/aromatic N) is 1. The summed E-state index contributed by atoms with van der Waals surface area (Å²) in [5.74, 6) is -0.160. The highest BCUT2D eigenvalue weighted by molar-refractivity contribution is 7.20. The normalized spacial score (nSPS) is 14.6. The second kappa shape index (κ2) is 5.07. The first kappa shape index (κ1) is 13.6. The smallest absolute Gasteiger partial charge is 0.295 e. The van der Waals surface area contributed by atoms with E-state index in [4.69, 9.17) is 9.47 Å². The van der Waals surface area contributed by atoms with E-state index in [9.17, 15) is 4.79 Å². The molecule has 1 aromatic heterocycles. The number of hydrogen-bond acceptors (Lipinski definition) is 5. The van der Waals surface area contributed by atoms with Crippen LogP contribution in [-0.2, 0) is 14.3 Å². The fraction of sp³-hybridized carbons (Fsp3) is 0.111. The Hall–Kier alpha value is -2.86. The van der Waals surface area contributed by atoms with Crippen molar-refractivity contribution in [1.29, 1.82) is 0 Å². The van der Waals surface area contributed by atoms with Gasteiger partial charge in [0.2, 0.25) is 5.76 Å². The van der Waals surface area contributed by atoms with Crippen LogP contribution in [0, 0.1) is 0 Å². The van der Waals surface area contributed by atoms with Gasteiger partial charge in [-0.05, 0) is 10.8 Å². The molecule has 5 nitrogen and oxygen atoms in total. The van der Waals surface area contributed by atoms with E-state index in [1.54, 1.807) is 0 Å². The Kier molecular flexibility index (Phi) is 2.87. The summed E-state index contributed by atoms with van der Waals surface area (Å²) in [6.07, 6.45) is 1.34. The number of aromatic nitrogens is 1. The summed E-state index contributed by atoms with van der Waals surface area (Å²) in [6.45, 7) is 0.839. The lowest BCUT2D eigenvalue weighted by atomic mass is 10.0. The molecule has 3 aromatic rings. The molecule has 0 radical (unpaired) electrons. The van der Waals surface area contributed by atoms with E-state index >= 15 is 0 Å². The first-order valence-electron chi connectivity index (χ1n) is 7.60. The van der Waals surface area contributed by atoms with Crippen LogP contribution < -0.4 is 5.32 Å². The number of carbonyl (C=O) groups is 1. The average molecular weight is 336 g/mol. The van der Waals surface area contributed by atoms with Gasteiger partial charge in [0.25, 0.3) is 5.91 Å². The van der Waals surface area contributed by atoms with Gasteiger partial charge in [0.1, 0.15) is 19.5 Å². The Morgan fingerprint density at radius 1 is 1.12 bits per heavy atom. The number of thiazole rings is 1. The molecule has 6 heteroatoms. The van der Waals surface area contributed by atoms with Crippen LogP contribution in [0.25, 0.3) is 32.5 Å². The third-order valence-corrected chi connectivity index (χ3v) is 5.13. The molecule has 118 valence electrons. The van der Waals surface area contributed by atoms with Crippen LogP contribution in [0.5, 0.6) is 0 Å². The zero-order valence-corrected chi connectivity index (χ0v) is 13.4. The van der Waals surface area contributed by atoms with E-state index in [2.05, 4.69) is 34.6 Å². The molecule has 0 bridgehead atoms. The molecule has 2 aliphatic rings. The second-order valence-electron chi connectivity index (χ2n) is 5.56. The summed E-state index contributed by atoms with van der Waals surface area (Å²) in [6, 6.07) is 12.5. The van der Waals surface area contributed by atoms with Gasteiger partial charge in [0.05, 0.1) is 10.6 Å². The monoisotopic (exact) mass is 336 g/mol. The topological polar surface area (TPSA) is 60.5 Å². The zero-order chi connectivity index (χ0) is 16.1. The minimum absolute atomic E-state index is 0.180. The fourth-order valence-corrected chi connectivity index (χ4v) is 4.12. The summed E-state index contributed by atoms with van der Waals surface area (Å²) in [4.78, 5) is 17.9. The first-order valence-corrected chi connectivity index (χ1v) is 8.42.